The predicted octanol–water partition coefficient (Wildman–Crippen LogP) is 3.63. The lowest BCUT2D eigenvalue weighted by Crippen LogP contribution is -2.40. The van der Waals surface area contributed by atoms with Crippen molar-refractivity contribution < 1.29 is 0 Å². The summed E-state index contributed by atoms with van der Waals surface area (Å²) in [5, 5.41) is 3.67. The summed E-state index contributed by atoms with van der Waals surface area (Å²) in [7, 11) is 2.19. The van der Waals surface area contributed by atoms with E-state index in [0.29, 0.717) is 6.04 Å². The molecule has 1 fully saturated rings. The summed E-state index contributed by atoms with van der Waals surface area (Å²) in [6.07, 6.45) is 4.20. The van der Waals surface area contributed by atoms with Gasteiger partial charge in [0.2, 0.25) is 0 Å². The molecule has 0 unspecified atom stereocenters. The maximum absolute atomic E-state index is 4.92. The monoisotopic (exact) mass is 361 g/mol. The molecule has 140 valence electrons. The number of imidazole rings is 1. The van der Waals surface area contributed by atoms with Crippen molar-refractivity contribution in [2.45, 2.75) is 32.4 Å². The molecule has 1 aliphatic heterocycles. The molecule has 0 bridgehead atoms. The highest BCUT2D eigenvalue weighted by atomic mass is 15.1. The summed E-state index contributed by atoms with van der Waals surface area (Å²) in [6, 6.07) is 15.1. The van der Waals surface area contributed by atoms with Crippen molar-refractivity contribution in [3.63, 3.8) is 0 Å². The van der Waals surface area contributed by atoms with Crippen molar-refractivity contribution in [3.05, 3.63) is 60.0 Å². The molecule has 0 amide bonds. The smallest absolute Gasteiger partial charge is 0.121 e. The lowest BCUT2D eigenvalue weighted by atomic mass is 10.1. The molecule has 0 aliphatic carbocycles. The van der Waals surface area contributed by atoms with Gasteiger partial charge in [0.05, 0.1) is 23.6 Å². The quantitative estimate of drug-likeness (QED) is 0.729. The van der Waals surface area contributed by atoms with E-state index >= 15 is 0 Å². The molecular formula is C22H27N5. The van der Waals surface area contributed by atoms with Crippen LogP contribution >= 0.6 is 0 Å². The number of nitrogens with zero attached hydrogens (tertiary/aromatic N) is 3. The average Bonchev–Trinajstić information content (AvgIpc) is 3.13. The molecule has 4 rings (SSSR count). The maximum Gasteiger partial charge on any atom is 0.121 e. The van der Waals surface area contributed by atoms with Gasteiger partial charge in [-0.25, -0.2) is 4.98 Å². The first-order chi connectivity index (χ1) is 13.2. The predicted molar refractivity (Wildman–Crippen MR) is 109 cm³/mol. The van der Waals surface area contributed by atoms with Gasteiger partial charge in [-0.05, 0) is 52.0 Å². The van der Waals surface area contributed by atoms with Crippen molar-refractivity contribution in [1.29, 1.82) is 0 Å². The van der Waals surface area contributed by atoms with E-state index in [1.807, 2.05) is 24.4 Å². The zero-order valence-corrected chi connectivity index (χ0v) is 16.1. The van der Waals surface area contributed by atoms with E-state index < -0.39 is 0 Å². The standard InChI is InChI=1S/C22H27N5/c1-16-6-8-17(9-7-16)21-22(19-5-3-4-12-23-19)26-20(25-21)15-24-18-10-13-27(2)14-11-18/h3-9,12,18,24H,10-11,13-15H2,1-2H3,(H,25,26). The molecule has 2 N–H and O–H groups in total. The molecule has 0 atom stereocenters. The summed E-state index contributed by atoms with van der Waals surface area (Å²) in [6.45, 7) is 5.16. The van der Waals surface area contributed by atoms with E-state index in [-0.39, 0.29) is 0 Å². The fourth-order valence-electron chi connectivity index (χ4n) is 3.58. The van der Waals surface area contributed by atoms with Crippen LogP contribution in [-0.4, -0.2) is 46.0 Å². The van der Waals surface area contributed by atoms with Gasteiger partial charge in [-0.15, -0.1) is 0 Å². The van der Waals surface area contributed by atoms with Gasteiger partial charge >= 0.3 is 0 Å². The van der Waals surface area contributed by atoms with E-state index in [9.17, 15) is 0 Å². The molecule has 1 aromatic carbocycles. The van der Waals surface area contributed by atoms with Crippen LogP contribution in [0.25, 0.3) is 22.6 Å². The first-order valence-electron chi connectivity index (χ1n) is 9.68. The summed E-state index contributed by atoms with van der Waals surface area (Å²) < 4.78 is 0. The summed E-state index contributed by atoms with van der Waals surface area (Å²) >= 11 is 0. The molecule has 3 heterocycles. The van der Waals surface area contributed by atoms with Crippen LogP contribution in [0.4, 0.5) is 0 Å². The lowest BCUT2D eigenvalue weighted by Gasteiger charge is -2.29. The van der Waals surface area contributed by atoms with Gasteiger partial charge in [-0.3, -0.25) is 4.98 Å². The number of rotatable bonds is 5. The normalized spacial score (nSPS) is 15.9. The topological polar surface area (TPSA) is 56.8 Å². The highest BCUT2D eigenvalue weighted by Gasteiger charge is 2.18. The Hall–Kier alpha value is -2.50. The van der Waals surface area contributed by atoms with Crippen LogP contribution in [0.15, 0.2) is 48.7 Å². The minimum atomic E-state index is 0.562. The number of piperidine rings is 1. The van der Waals surface area contributed by atoms with Crippen LogP contribution in [0, 0.1) is 6.92 Å². The van der Waals surface area contributed by atoms with E-state index in [1.54, 1.807) is 0 Å². The fraction of sp³-hybridized carbons (Fsp3) is 0.364. The van der Waals surface area contributed by atoms with Crippen molar-refractivity contribution in [1.82, 2.24) is 25.2 Å². The number of hydrogen-bond donors (Lipinski definition) is 2. The molecule has 1 saturated heterocycles. The molecule has 1 aliphatic rings. The molecule has 27 heavy (non-hydrogen) atoms. The molecule has 2 aromatic heterocycles. The van der Waals surface area contributed by atoms with Crippen LogP contribution in [0.2, 0.25) is 0 Å². The van der Waals surface area contributed by atoms with Gasteiger partial charge in [0, 0.05) is 17.8 Å². The van der Waals surface area contributed by atoms with Crippen LogP contribution < -0.4 is 5.32 Å². The van der Waals surface area contributed by atoms with E-state index in [0.717, 1.165) is 48.1 Å². The highest BCUT2D eigenvalue weighted by molar-refractivity contribution is 5.76. The third-order valence-corrected chi connectivity index (χ3v) is 5.28. The van der Waals surface area contributed by atoms with Crippen molar-refractivity contribution in [2.75, 3.05) is 20.1 Å². The van der Waals surface area contributed by atoms with Crippen LogP contribution in [-0.2, 0) is 6.54 Å². The molecule has 0 radical (unpaired) electrons. The number of H-pyrrole nitrogens is 1. The molecular weight excluding hydrogens is 334 g/mol. The summed E-state index contributed by atoms with van der Waals surface area (Å²) in [5.41, 5.74) is 5.24. The Kier molecular flexibility index (Phi) is 5.32. The number of aromatic amines is 1. The van der Waals surface area contributed by atoms with Gasteiger partial charge in [0.1, 0.15) is 5.82 Å². The number of aryl methyl sites for hydroxylation is 1. The second-order valence-electron chi connectivity index (χ2n) is 7.45. The van der Waals surface area contributed by atoms with E-state index in [1.165, 1.54) is 18.4 Å². The Bertz CT molecular complexity index is 861. The van der Waals surface area contributed by atoms with Crippen molar-refractivity contribution >= 4 is 0 Å². The largest absolute Gasteiger partial charge is 0.339 e. The fourth-order valence-corrected chi connectivity index (χ4v) is 3.58. The van der Waals surface area contributed by atoms with Crippen LogP contribution in [0.1, 0.15) is 24.2 Å². The van der Waals surface area contributed by atoms with E-state index in [4.69, 9.17) is 4.98 Å². The molecule has 5 heteroatoms. The molecule has 0 saturated carbocycles. The second kappa shape index (κ2) is 8.03. The van der Waals surface area contributed by atoms with Crippen molar-refractivity contribution in [2.24, 2.45) is 0 Å². The first kappa shape index (κ1) is 17.9. The minimum absolute atomic E-state index is 0.562. The Morgan fingerprint density at radius 1 is 1.11 bits per heavy atom. The first-order valence-corrected chi connectivity index (χ1v) is 9.68. The van der Waals surface area contributed by atoms with Gasteiger partial charge in [-0.2, -0.15) is 0 Å². The van der Waals surface area contributed by atoms with Gasteiger partial charge in [-0.1, -0.05) is 35.9 Å². The average molecular weight is 361 g/mol. The lowest BCUT2D eigenvalue weighted by molar-refractivity contribution is 0.233. The third-order valence-electron chi connectivity index (χ3n) is 5.28. The zero-order valence-electron chi connectivity index (χ0n) is 16.1. The van der Waals surface area contributed by atoms with E-state index in [2.05, 4.69) is 58.4 Å². The Labute approximate surface area is 160 Å². The van der Waals surface area contributed by atoms with Crippen LogP contribution in [0.5, 0.6) is 0 Å². The summed E-state index contributed by atoms with van der Waals surface area (Å²) in [4.78, 5) is 15.3. The van der Waals surface area contributed by atoms with Gasteiger partial charge in [0.15, 0.2) is 0 Å². The Morgan fingerprint density at radius 2 is 1.89 bits per heavy atom. The number of likely N-dealkylation sites (tertiary alicyclic amines) is 1. The van der Waals surface area contributed by atoms with Gasteiger partial charge < -0.3 is 15.2 Å². The van der Waals surface area contributed by atoms with Crippen LogP contribution in [0.3, 0.4) is 0 Å². The number of benzene rings is 1. The Morgan fingerprint density at radius 3 is 2.59 bits per heavy atom. The second-order valence-corrected chi connectivity index (χ2v) is 7.45. The molecule has 3 aromatic rings. The highest BCUT2D eigenvalue weighted by Crippen LogP contribution is 2.29. The maximum atomic E-state index is 4.92. The number of aromatic nitrogens is 3. The van der Waals surface area contributed by atoms with Gasteiger partial charge in [0.25, 0.3) is 0 Å². The minimum Gasteiger partial charge on any atom is -0.339 e. The zero-order chi connectivity index (χ0) is 18.6. The number of nitrogens with one attached hydrogen (secondary N) is 2. The summed E-state index contributed by atoms with van der Waals surface area (Å²) in [5.74, 6) is 0.963. The third kappa shape index (κ3) is 4.26. The number of hydrogen-bond acceptors (Lipinski definition) is 4. The Balaban J connectivity index is 1.58. The number of pyridine rings is 1. The van der Waals surface area contributed by atoms with Crippen molar-refractivity contribution in [3.8, 4) is 22.6 Å². The SMILES string of the molecule is Cc1ccc(-c2nc(CNC3CCN(C)CC3)[nH]c2-c2ccccn2)cc1. The molecule has 5 nitrogen and oxygen atoms in total. The molecule has 0 spiro atoms.